The summed E-state index contributed by atoms with van der Waals surface area (Å²) in [5.41, 5.74) is 0.809. The van der Waals surface area contributed by atoms with Crippen molar-refractivity contribution in [3.05, 3.63) is 66.0 Å². The molecule has 4 heterocycles. The highest BCUT2D eigenvalue weighted by Crippen LogP contribution is 2.43. The van der Waals surface area contributed by atoms with Crippen LogP contribution in [0.1, 0.15) is 34.8 Å². The second kappa shape index (κ2) is 8.13. The van der Waals surface area contributed by atoms with Crippen LogP contribution in [0.4, 0.5) is 29.1 Å². The SMILES string of the molecule is O=C(c1cc2n(n1)C(C(F)(F)F)CC(c1ccco1)N2)N1CCN(c2ccc(F)cc2)CC1. The molecule has 1 N–H and O–H groups in total. The smallest absolute Gasteiger partial charge is 0.410 e. The number of nitrogens with zero attached hydrogens (tertiary/aromatic N) is 4. The number of furan rings is 1. The minimum absolute atomic E-state index is 0.0397. The lowest BCUT2D eigenvalue weighted by Gasteiger charge is -2.35. The summed E-state index contributed by atoms with van der Waals surface area (Å²) < 4.78 is 60.6. The van der Waals surface area contributed by atoms with Crippen LogP contribution < -0.4 is 10.2 Å². The van der Waals surface area contributed by atoms with Crippen molar-refractivity contribution >= 4 is 17.4 Å². The van der Waals surface area contributed by atoms with E-state index in [4.69, 9.17) is 4.42 Å². The fourth-order valence-electron chi connectivity index (χ4n) is 4.34. The van der Waals surface area contributed by atoms with Gasteiger partial charge in [-0.2, -0.15) is 18.3 Å². The average molecular weight is 463 g/mol. The Morgan fingerprint density at radius 1 is 1.09 bits per heavy atom. The third-order valence-electron chi connectivity index (χ3n) is 6.05. The average Bonchev–Trinajstić information content (AvgIpc) is 3.48. The van der Waals surface area contributed by atoms with Crippen LogP contribution in [-0.4, -0.2) is 52.9 Å². The lowest BCUT2D eigenvalue weighted by atomic mass is 10.0. The topological polar surface area (TPSA) is 66.5 Å². The van der Waals surface area contributed by atoms with Crippen molar-refractivity contribution in [2.45, 2.75) is 24.7 Å². The molecule has 0 aliphatic carbocycles. The fraction of sp³-hybridized carbons (Fsp3) is 0.364. The number of nitrogens with one attached hydrogen (secondary N) is 1. The molecule has 1 saturated heterocycles. The van der Waals surface area contributed by atoms with Crippen molar-refractivity contribution in [3.63, 3.8) is 0 Å². The molecule has 2 unspecified atom stereocenters. The second-order valence-electron chi connectivity index (χ2n) is 8.12. The van der Waals surface area contributed by atoms with Gasteiger partial charge in [0.05, 0.1) is 12.3 Å². The number of anilines is 2. The van der Waals surface area contributed by atoms with Crippen molar-refractivity contribution in [1.82, 2.24) is 14.7 Å². The third-order valence-corrected chi connectivity index (χ3v) is 6.05. The summed E-state index contributed by atoms with van der Waals surface area (Å²) in [6.07, 6.45) is -3.42. The van der Waals surface area contributed by atoms with E-state index < -0.39 is 24.2 Å². The number of aromatic nitrogens is 2. The van der Waals surface area contributed by atoms with Crippen LogP contribution in [0.5, 0.6) is 0 Å². The summed E-state index contributed by atoms with van der Waals surface area (Å²) in [5, 5.41) is 7.04. The van der Waals surface area contributed by atoms with Crippen LogP contribution in [0.25, 0.3) is 0 Å². The summed E-state index contributed by atoms with van der Waals surface area (Å²) in [6.45, 7) is 1.80. The van der Waals surface area contributed by atoms with Crippen LogP contribution >= 0.6 is 0 Å². The molecule has 0 radical (unpaired) electrons. The fourth-order valence-corrected chi connectivity index (χ4v) is 4.34. The van der Waals surface area contributed by atoms with E-state index in [0.717, 1.165) is 10.4 Å². The Morgan fingerprint density at radius 2 is 1.82 bits per heavy atom. The summed E-state index contributed by atoms with van der Waals surface area (Å²) in [4.78, 5) is 16.6. The van der Waals surface area contributed by atoms with Crippen LogP contribution in [0.3, 0.4) is 0 Å². The number of rotatable bonds is 3. The standard InChI is InChI=1S/C22H21F4N5O2/c23-14-3-5-15(6-4-14)29-7-9-30(10-8-29)21(32)17-13-20-27-16(18-2-1-11-33-18)12-19(22(24,25)26)31(20)28-17/h1-6,11,13,16,19,27H,7-10,12H2. The van der Waals surface area contributed by atoms with Crippen LogP contribution in [-0.2, 0) is 0 Å². The lowest BCUT2D eigenvalue weighted by Crippen LogP contribution is -2.49. The Kier molecular flexibility index (Phi) is 5.26. The van der Waals surface area contributed by atoms with Crippen LogP contribution in [0.15, 0.2) is 53.1 Å². The van der Waals surface area contributed by atoms with Crippen LogP contribution in [0.2, 0.25) is 0 Å². The molecule has 0 saturated carbocycles. The molecular formula is C22H21F4N5O2. The molecule has 0 bridgehead atoms. The third kappa shape index (κ3) is 4.14. The van der Waals surface area contributed by atoms with Crippen LogP contribution in [0, 0.1) is 5.82 Å². The maximum Gasteiger partial charge on any atom is 0.410 e. The lowest BCUT2D eigenvalue weighted by molar-refractivity contribution is -0.174. The van der Waals surface area contributed by atoms with Gasteiger partial charge in [-0.1, -0.05) is 0 Å². The number of carbonyl (C=O) groups excluding carboxylic acids is 1. The van der Waals surface area contributed by atoms with E-state index >= 15 is 0 Å². The van der Waals surface area contributed by atoms with E-state index in [9.17, 15) is 22.4 Å². The Bertz CT molecular complexity index is 1120. The summed E-state index contributed by atoms with van der Waals surface area (Å²) in [5.74, 6) is -0.232. The van der Waals surface area contributed by atoms with E-state index in [-0.39, 0.29) is 23.7 Å². The van der Waals surface area contributed by atoms with Gasteiger partial charge in [0.25, 0.3) is 5.91 Å². The number of hydrogen-bond acceptors (Lipinski definition) is 5. The van der Waals surface area contributed by atoms with Gasteiger partial charge in [-0.25, -0.2) is 9.07 Å². The molecule has 33 heavy (non-hydrogen) atoms. The Hall–Kier alpha value is -3.50. The van der Waals surface area contributed by atoms with Gasteiger partial charge in [0.15, 0.2) is 11.7 Å². The molecule has 1 amide bonds. The van der Waals surface area contributed by atoms with Gasteiger partial charge < -0.3 is 19.5 Å². The number of benzene rings is 1. The molecular weight excluding hydrogens is 442 g/mol. The van der Waals surface area contributed by atoms with Gasteiger partial charge in [0.2, 0.25) is 0 Å². The second-order valence-corrected chi connectivity index (χ2v) is 8.12. The largest absolute Gasteiger partial charge is 0.467 e. The monoisotopic (exact) mass is 463 g/mol. The zero-order valence-corrected chi connectivity index (χ0v) is 17.4. The normalized spacial score (nSPS) is 21.0. The highest BCUT2D eigenvalue weighted by molar-refractivity contribution is 5.93. The molecule has 5 rings (SSSR count). The first-order valence-corrected chi connectivity index (χ1v) is 10.6. The van der Waals surface area contributed by atoms with Crippen molar-refractivity contribution in [2.24, 2.45) is 0 Å². The number of alkyl halides is 3. The molecule has 2 aliphatic heterocycles. The number of fused-ring (bicyclic) bond motifs is 1. The van der Waals surface area contributed by atoms with E-state index in [2.05, 4.69) is 10.4 Å². The zero-order valence-electron chi connectivity index (χ0n) is 17.4. The molecule has 1 fully saturated rings. The van der Waals surface area contributed by atoms with Gasteiger partial charge in [-0.15, -0.1) is 0 Å². The summed E-state index contributed by atoms with van der Waals surface area (Å²) >= 11 is 0. The molecule has 2 aliphatic rings. The molecule has 11 heteroatoms. The molecule has 3 aromatic rings. The van der Waals surface area contributed by atoms with Crippen molar-refractivity contribution in [2.75, 3.05) is 36.4 Å². The van der Waals surface area contributed by atoms with Crippen molar-refractivity contribution in [1.29, 1.82) is 0 Å². The Balaban J connectivity index is 1.33. The molecule has 2 aromatic heterocycles. The Morgan fingerprint density at radius 3 is 2.45 bits per heavy atom. The van der Waals surface area contributed by atoms with Crippen molar-refractivity contribution in [3.8, 4) is 0 Å². The number of amides is 1. The number of carbonyl (C=O) groups is 1. The maximum atomic E-state index is 13.8. The van der Waals surface area contributed by atoms with Gasteiger partial charge in [0, 0.05) is 44.4 Å². The molecule has 174 valence electrons. The summed E-state index contributed by atoms with van der Waals surface area (Å²) in [7, 11) is 0. The molecule has 7 nitrogen and oxygen atoms in total. The highest BCUT2D eigenvalue weighted by atomic mass is 19.4. The van der Waals surface area contributed by atoms with Gasteiger partial charge in [-0.3, -0.25) is 4.79 Å². The predicted molar refractivity (Wildman–Crippen MR) is 112 cm³/mol. The molecule has 1 aromatic carbocycles. The number of piperazine rings is 1. The van der Waals surface area contributed by atoms with E-state index in [1.165, 1.54) is 24.5 Å². The maximum absolute atomic E-state index is 13.8. The van der Waals surface area contributed by atoms with E-state index in [0.29, 0.717) is 31.9 Å². The van der Waals surface area contributed by atoms with E-state index in [1.54, 1.807) is 29.2 Å². The minimum Gasteiger partial charge on any atom is -0.467 e. The van der Waals surface area contributed by atoms with Gasteiger partial charge in [0.1, 0.15) is 17.4 Å². The first kappa shape index (κ1) is 21.4. The molecule has 2 atom stereocenters. The minimum atomic E-state index is -4.53. The first-order valence-electron chi connectivity index (χ1n) is 10.6. The first-order chi connectivity index (χ1) is 15.8. The Labute approximate surface area is 186 Å². The number of hydrogen-bond donors (Lipinski definition) is 1. The van der Waals surface area contributed by atoms with Crippen molar-refractivity contribution < 1.29 is 26.8 Å². The van der Waals surface area contributed by atoms with Gasteiger partial charge >= 0.3 is 6.18 Å². The van der Waals surface area contributed by atoms with Gasteiger partial charge in [-0.05, 0) is 36.4 Å². The zero-order chi connectivity index (χ0) is 23.2. The predicted octanol–water partition coefficient (Wildman–Crippen LogP) is 4.24. The quantitative estimate of drug-likeness (QED) is 0.589. The highest BCUT2D eigenvalue weighted by Gasteiger charge is 2.47. The summed E-state index contributed by atoms with van der Waals surface area (Å²) in [6, 6.07) is 8.14. The number of halogens is 4. The molecule has 0 spiro atoms. The van der Waals surface area contributed by atoms with E-state index in [1.807, 2.05) is 4.90 Å².